The van der Waals surface area contributed by atoms with Crippen LogP contribution in [-0.4, -0.2) is 65.1 Å². The highest BCUT2D eigenvalue weighted by Crippen LogP contribution is 2.38. The maximum atomic E-state index is 14.9. The summed E-state index contributed by atoms with van der Waals surface area (Å²) in [6.07, 6.45) is 3.58. The molecule has 0 aliphatic carbocycles. The van der Waals surface area contributed by atoms with Crippen LogP contribution in [0, 0.1) is 0 Å². The zero-order valence-corrected chi connectivity index (χ0v) is 28.9. The Morgan fingerprint density at radius 1 is 0.760 bits per heavy atom. The number of aromatic nitrogens is 1. The minimum absolute atomic E-state index is 0.0149. The van der Waals surface area contributed by atoms with Crippen molar-refractivity contribution in [3.63, 3.8) is 0 Å². The minimum atomic E-state index is -0.0904. The first kappa shape index (κ1) is 32.5. The highest BCUT2D eigenvalue weighted by molar-refractivity contribution is 6.31. The van der Waals surface area contributed by atoms with Gasteiger partial charge >= 0.3 is 0 Å². The van der Waals surface area contributed by atoms with Crippen molar-refractivity contribution in [2.24, 2.45) is 0 Å². The summed E-state index contributed by atoms with van der Waals surface area (Å²) in [6.45, 7) is 5.26. The number of anilines is 2. The van der Waals surface area contributed by atoms with Crippen molar-refractivity contribution in [1.29, 1.82) is 0 Å². The number of carbonyl (C=O) groups excluding carboxylic acids is 2. The summed E-state index contributed by atoms with van der Waals surface area (Å²) in [5, 5.41) is 0.555. The van der Waals surface area contributed by atoms with Crippen molar-refractivity contribution in [1.82, 2.24) is 14.4 Å². The van der Waals surface area contributed by atoms with Crippen molar-refractivity contribution in [2.45, 2.75) is 44.8 Å². The molecule has 1 fully saturated rings. The lowest BCUT2D eigenvalue weighted by molar-refractivity contribution is 0.0193. The van der Waals surface area contributed by atoms with E-state index in [9.17, 15) is 9.59 Å². The maximum Gasteiger partial charge on any atom is 0.264 e. The lowest BCUT2D eigenvalue weighted by Gasteiger charge is -2.40. The van der Waals surface area contributed by atoms with E-state index in [0.717, 1.165) is 80.2 Å². The normalized spacial score (nSPS) is 17.5. The number of benzene rings is 4. The summed E-state index contributed by atoms with van der Waals surface area (Å²) in [6, 6.07) is 35.7. The first-order valence-corrected chi connectivity index (χ1v) is 18.1. The second kappa shape index (κ2) is 14.3. The van der Waals surface area contributed by atoms with Crippen LogP contribution in [0.15, 0.2) is 109 Å². The number of carbonyl (C=O) groups is 2. The molecule has 4 aromatic carbocycles. The Kier molecular flexibility index (Phi) is 9.28. The Labute approximate surface area is 298 Å². The van der Waals surface area contributed by atoms with Gasteiger partial charge < -0.3 is 14.2 Å². The highest BCUT2D eigenvalue weighted by Gasteiger charge is 2.35. The van der Waals surface area contributed by atoms with Gasteiger partial charge in [-0.2, -0.15) is 0 Å². The molecule has 3 aliphatic rings. The number of hydrogen-bond donors (Lipinski definition) is 0. The third-order valence-corrected chi connectivity index (χ3v) is 10.6. The molecule has 1 saturated heterocycles. The SMILES string of the molecule is O=C(c1cc(-c2cc(Cl)ccc2C(=O)N2Cc3ccccc3C[C@H]2CN2CCOCC2)n2c1CCCC2)N(c1ccccc1)c1ccccc1. The fourth-order valence-corrected chi connectivity index (χ4v) is 8.05. The molecule has 1 aromatic heterocycles. The predicted octanol–water partition coefficient (Wildman–Crippen LogP) is 8.02. The minimum Gasteiger partial charge on any atom is -0.379 e. The molecule has 0 spiro atoms. The predicted molar refractivity (Wildman–Crippen MR) is 198 cm³/mol. The van der Waals surface area contributed by atoms with E-state index in [0.29, 0.717) is 35.9 Å². The molecule has 0 unspecified atom stereocenters. The second-order valence-corrected chi connectivity index (χ2v) is 13.9. The third kappa shape index (κ3) is 6.37. The average molecular weight is 685 g/mol. The standard InChI is InChI=1S/C42H41ClN4O3/c43-32-18-19-36(41(48)46-28-31-12-8-7-11-30(31)25-35(46)29-44-21-23-50-24-22-44)37(26-32)40-27-38(39-17-9-10-20-45(39)40)42(49)47(33-13-3-1-4-14-33)34-15-5-2-6-16-34/h1-8,11-16,18-19,26-27,35H,9-10,17,20-25,28-29H2/t35-/m0/s1. The van der Waals surface area contributed by atoms with Gasteiger partial charge in [0.15, 0.2) is 0 Å². The summed E-state index contributed by atoms with van der Waals surface area (Å²) < 4.78 is 7.88. The summed E-state index contributed by atoms with van der Waals surface area (Å²) in [5.41, 5.74) is 7.98. The van der Waals surface area contributed by atoms with Gasteiger partial charge in [0.25, 0.3) is 11.8 Å². The van der Waals surface area contributed by atoms with Gasteiger partial charge in [-0.1, -0.05) is 72.3 Å². The average Bonchev–Trinajstić information content (AvgIpc) is 3.55. The van der Waals surface area contributed by atoms with Crippen LogP contribution in [0.3, 0.4) is 0 Å². The van der Waals surface area contributed by atoms with Crippen molar-refractivity contribution in [2.75, 3.05) is 37.7 Å². The lowest BCUT2D eigenvalue weighted by Crippen LogP contribution is -2.52. The molecule has 8 rings (SSSR count). The fourth-order valence-electron chi connectivity index (χ4n) is 7.88. The summed E-state index contributed by atoms with van der Waals surface area (Å²) in [7, 11) is 0. The van der Waals surface area contributed by atoms with E-state index >= 15 is 0 Å². The monoisotopic (exact) mass is 684 g/mol. The molecular weight excluding hydrogens is 644 g/mol. The molecule has 4 heterocycles. The summed E-state index contributed by atoms with van der Waals surface area (Å²) in [4.78, 5) is 35.9. The molecule has 0 saturated carbocycles. The molecule has 50 heavy (non-hydrogen) atoms. The lowest BCUT2D eigenvalue weighted by atomic mass is 9.92. The van der Waals surface area contributed by atoms with E-state index in [2.05, 4.69) is 38.6 Å². The van der Waals surface area contributed by atoms with Crippen LogP contribution in [0.4, 0.5) is 11.4 Å². The molecule has 254 valence electrons. The van der Waals surface area contributed by atoms with E-state index in [4.69, 9.17) is 16.3 Å². The number of amides is 2. The number of fused-ring (bicyclic) bond motifs is 2. The molecule has 8 heteroatoms. The van der Waals surface area contributed by atoms with Crippen LogP contribution in [0.25, 0.3) is 11.3 Å². The molecule has 2 amide bonds. The van der Waals surface area contributed by atoms with E-state index < -0.39 is 0 Å². The third-order valence-electron chi connectivity index (χ3n) is 10.4. The number of para-hydroxylation sites is 2. The zero-order valence-electron chi connectivity index (χ0n) is 28.1. The van der Waals surface area contributed by atoms with Gasteiger partial charge in [0, 0.05) is 77.7 Å². The van der Waals surface area contributed by atoms with Gasteiger partial charge in [-0.15, -0.1) is 0 Å². The largest absolute Gasteiger partial charge is 0.379 e. The van der Waals surface area contributed by atoms with Crippen molar-refractivity contribution < 1.29 is 14.3 Å². The van der Waals surface area contributed by atoms with Gasteiger partial charge in [-0.25, -0.2) is 0 Å². The van der Waals surface area contributed by atoms with Crippen LogP contribution < -0.4 is 4.90 Å². The van der Waals surface area contributed by atoms with Crippen LogP contribution >= 0.6 is 11.6 Å². The highest BCUT2D eigenvalue weighted by atomic mass is 35.5. The van der Waals surface area contributed by atoms with E-state index in [-0.39, 0.29) is 17.9 Å². The van der Waals surface area contributed by atoms with Gasteiger partial charge in [-0.3, -0.25) is 19.4 Å². The molecule has 5 aromatic rings. The second-order valence-electron chi connectivity index (χ2n) is 13.5. The van der Waals surface area contributed by atoms with Gasteiger partial charge in [0.1, 0.15) is 0 Å². The number of hydrogen-bond acceptors (Lipinski definition) is 4. The Bertz CT molecular complexity index is 1970. The smallest absolute Gasteiger partial charge is 0.264 e. The fraction of sp³-hybridized carbons (Fsp3) is 0.286. The van der Waals surface area contributed by atoms with Crippen molar-refractivity contribution >= 4 is 34.8 Å². The Morgan fingerprint density at radius 3 is 2.16 bits per heavy atom. The van der Waals surface area contributed by atoms with Crippen molar-refractivity contribution in [3.8, 4) is 11.3 Å². The quantitative estimate of drug-likeness (QED) is 0.174. The zero-order chi connectivity index (χ0) is 34.0. The van der Waals surface area contributed by atoms with Crippen molar-refractivity contribution in [3.05, 3.63) is 142 Å². The molecule has 7 nitrogen and oxygen atoms in total. The van der Waals surface area contributed by atoms with Gasteiger partial charge in [-0.05, 0) is 85.3 Å². The van der Waals surface area contributed by atoms with E-state index in [1.807, 2.05) is 84.9 Å². The van der Waals surface area contributed by atoms with Crippen LogP contribution in [-0.2, 0) is 30.7 Å². The Hall–Kier alpha value is -4.69. The van der Waals surface area contributed by atoms with Gasteiger partial charge in [0.2, 0.25) is 0 Å². The summed E-state index contributed by atoms with van der Waals surface area (Å²) >= 11 is 6.72. The molecular formula is C42H41ClN4O3. The van der Waals surface area contributed by atoms with Crippen LogP contribution in [0.2, 0.25) is 5.02 Å². The van der Waals surface area contributed by atoms with E-state index in [1.165, 1.54) is 11.1 Å². The van der Waals surface area contributed by atoms with Crippen LogP contribution in [0.5, 0.6) is 0 Å². The number of nitrogens with zero attached hydrogens (tertiary/aromatic N) is 4. The molecule has 3 aliphatic heterocycles. The molecule has 0 radical (unpaired) electrons. The molecule has 0 N–H and O–H groups in total. The number of ether oxygens (including phenoxy) is 1. The maximum absolute atomic E-state index is 14.9. The molecule has 0 bridgehead atoms. The van der Waals surface area contributed by atoms with E-state index in [1.54, 1.807) is 4.90 Å². The number of halogens is 1. The topological polar surface area (TPSA) is 58.0 Å². The first-order chi connectivity index (χ1) is 24.5. The Morgan fingerprint density at radius 2 is 1.44 bits per heavy atom. The van der Waals surface area contributed by atoms with Crippen LogP contribution in [0.1, 0.15) is 50.4 Å². The number of morpholine rings is 1. The summed E-state index contributed by atoms with van der Waals surface area (Å²) in [5.74, 6) is -0.105. The molecule has 1 atom stereocenters. The van der Waals surface area contributed by atoms with Gasteiger partial charge in [0.05, 0.1) is 18.8 Å². The first-order valence-electron chi connectivity index (χ1n) is 17.7. The Balaban J connectivity index is 1.20. The number of rotatable bonds is 7.